The minimum atomic E-state index is -1.05. The van der Waals surface area contributed by atoms with Gasteiger partial charge in [0.25, 0.3) is 11.8 Å². The van der Waals surface area contributed by atoms with E-state index >= 15 is 0 Å². The summed E-state index contributed by atoms with van der Waals surface area (Å²) in [5.41, 5.74) is 6.33. The average molecular weight is 583 g/mol. The molecule has 0 saturated carbocycles. The van der Waals surface area contributed by atoms with Crippen LogP contribution < -0.4 is 21.1 Å². The third-order valence-corrected chi connectivity index (χ3v) is 6.04. The van der Waals surface area contributed by atoms with E-state index in [0.717, 1.165) is 11.2 Å². The van der Waals surface area contributed by atoms with Gasteiger partial charge < -0.3 is 44.6 Å². The molecule has 3 atom stereocenters. The molecule has 1 aromatic rings. The minimum absolute atomic E-state index is 0.0202. The molecule has 1 aliphatic heterocycles. The topological polar surface area (TPSA) is 188 Å². The molecule has 3 amide bonds. The first-order chi connectivity index (χ1) is 19.8. The number of nitrogens with zero attached hydrogens (tertiary/aromatic N) is 1. The van der Waals surface area contributed by atoms with E-state index in [9.17, 15) is 24.3 Å². The Labute approximate surface area is 239 Å². The molecule has 1 heterocycles. The summed E-state index contributed by atoms with van der Waals surface area (Å²) in [6.45, 7) is 4.50. The van der Waals surface area contributed by atoms with Gasteiger partial charge in [0.2, 0.25) is 5.91 Å². The first kappa shape index (κ1) is 34.2. The zero-order valence-electron chi connectivity index (χ0n) is 23.7. The van der Waals surface area contributed by atoms with E-state index in [-0.39, 0.29) is 48.8 Å². The number of methoxy groups -OCH3 is 1. The van der Waals surface area contributed by atoms with Crippen molar-refractivity contribution in [1.29, 1.82) is 0 Å². The maximum Gasteiger partial charge on any atom is 0.265 e. The number of nitrogens with two attached hydrogens (primary N) is 1. The van der Waals surface area contributed by atoms with E-state index < -0.39 is 30.1 Å². The molecule has 14 nitrogen and oxygen atoms in total. The highest BCUT2D eigenvalue weighted by Crippen LogP contribution is 2.33. The first-order valence-electron chi connectivity index (χ1n) is 13.5. The Hall–Kier alpha value is -2.98. The number of aldehydes is 1. The van der Waals surface area contributed by atoms with E-state index in [1.165, 1.54) is 13.2 Å². The van der Waals surface area contributed by atoms with Crippen molar-refractivity contribution in [1.82, 2.24) is 15.5 Å². The van der Waals surface area contributed by atoms with E-state index in [1.54, 1.807) is 19.1 Å². The summed E-state index contributed by atoms with van der Waals surface area (Å²) in [4.78, 5) is 49.3. The second-order valence-electron chi connectivity index (χ2n) is 9.23. The van der Waals surface area contributed by atoms with Gasteiger partial charge in [-0.3, -0.25) is 24.6 Å². The number of aliphatic hydroxyl groups excluding tert-OH is 1. The van der Waals surface area contributed by atoms with Gasteiger partial charge in [-0.2, -0.15) is 0 Å². The van der Waals surface area contributed by atoms with Crippen molar-refractivity contribution in [2.24, 2.45) is 5.73 Å². The van der Waals surface area contributed by atoms with Crippen LogP contribution in [0.25, 0.3) is 0 Å². The van der Waals surface area contributed by atoms with Gasteiger partial charge in [-0.25, -0.2) is 0 Å². The molecule has 0 spiro atoms. The number of rotatable bonds is 23. The molecule has 14 heteroatoms. The Balaban J connectivity index is 1.62. The van der Waals surface area contributed by atoms with Gasteiger partial charge >= 0.3 is 0 Å². The number of ether oxygens (including phenoxy) is 5. The molecule has 2 rings (SSSR count). The number of nitrogens with one attached hydrogen (secondary N) is 2. The summed E-state index contributed by atoms with van der Waals surface area (Å²) in [5.74, 6) is -1.04. The highest BCUT2D eigenvalue weighted by molar-refractivity contribution is 6.22. The van der Waals surface area contributed by atoms with Crippen LogP contribution >= 0.6 is 0 Å². The molecule has 0 saturated heterocycles. The van der Waals surface area contributed by atoms with Crippen LogP contribution in [0.4, 0.5) is 0 Å². The van der Waals surface area contributed by atoms with Crippen LogP contribution in [0.3, 0.4) is 0 Å². The monoisotopic (exact) mass is 582 g/mol. The average Bonchev–Trinajstić information content (AvgIpc) is 3.20. The molecule has 0 bridgehead atoms. The first-order valence-corrected chi connectivity index (χ1v) is 13.5. The van der Waals surface area contributed by atoms with E-state index in [1.807, 2.05) is 0 Å². The van der Waals surface area contributed by atoms with Crippen molar-refractivity contribution in [3.05, 3.63) is 29.3 Å². The van der Waals surface area contributed by atoms with Crippen LogP contribution in [0.5, 0.6) is 5.75 Å². The Morgan fingerprint density at radius 3 is 2.34 bits per heavy atom. The van der Waals surface area contributed by atoms with E-state index in [2.05, 4.69) is 10.6 Å². The van der Waals surface area contributed by atoms with Crippen LogP contribution in [0, 0.1) is 0 Å². The van der Waals surface area contributed by atoms with Crippen molar-refractivity contribution in [3.63, 3.8) is 0 Å². The Morgan fingerprint density at radius 2 is 1.71 bits per heavy atom. The van der Waals surface area contributed by atoms with Crippen molar-refractivity contribution < 1.29 is 48.0 Å². The number of benzene rings is 1. The highest BCUT2D eigenvalue weighted by Gasteiger charge is 2.42. The molecule has 1 aromatic carbocycles. The predicted molar refractivity (Wildman–Crippen MR) is 147 cm³/mol. The quantitative estimate of drug-likeness (QED) is 0.0538. The van der Waals surface area contributed by atoms with Crippen LogP contribution in [0.15, 0.2) is 18.2 Å². The zero-order valence-corrected chi connectivity index (χ0v) is 23.7. The van der Waals surface area contributed by atoms with Crippen LogP contribution in [-0.4, -0.2) is 125 Å². The molecule has 0 radical (unpaired) electrons. The number of hydrogen-bond acceptors (Lipinski definition) is 12. The van der Waals surface area contributed by atoms with Crippen LogP contribution in [0.2, 0.25) is 0 Å². The van der Waals surface area contributed by atoms with Gasteiger partial charge in [0.05, 0.1) is 56.8 Å². The Kier molecular flexibility index (Phi) is 16.0. The lowest BCUT2D eigenvalue weighted by Gasteiger charge is -2.28. The Bertz CT molecular complexity index is 977. The molecule has 41 heavy (non-hydrogen) atoms. The molecule has 5 N–H and O–H groups in total. The van der Waals surface area contributed by atoms with Crippen molar-refractivity contribution >= 4 is 24.0 Å². The number of imide groups is 1. The van der Waals surface area contributed by atoms with Gasteiger partial charge in [0.15, 0.2) is 0 Å². The number of aliphatic hydroxyl groups is 1. The lowest BCUT2D eigenvalue weighted by atomic mass is 10.0. The van der Waals surface area contributed by atoms with Crippen LogP contribution in [0.1, 0.15) is 40.5 Å². The summed E-state index contributed by atoms with van der Waals surface area (Å²) < 4.78 is 26.6. The lowest BCUT2D eigenvalue weighted by Crippen LogP contribution is -2.49. The molecule has 0 aliphatic carbocycles. The summed E-state index contributed by atoms with van der Waals surface area (Å²) in [6, 6.07) is 3.55. The number of fused-ring (bicyclic) bond motifs is 1. The van der Waals surface area contributed by atoms with Gasteiger partial charge in [-0.1, -0.05) is 6.07 Å². The van der Waals surface area contributed by atoms with Crippen molar-refractivity contribution in [2.75, 3.05) is 73.1 Å². The largest absolute Gasteiger partial charge is 0.489 e. The smallest absolute Gasteiger partial charge is 0.265 e. The molecular formula is C27H42N4O10. The molecule has 3 unspecified atom stereocenters. The zero-order chi connectivity index (χ0) is 30.0. The predicted octanol–water partition coefficient (Wildman–Crippen LogP) is -0.923. The van der Waals surface area contributed by atoms with Crippen molar-refractivity contribution in [3.8, 4) is 5.75 Å². The lowest BCUT2D eigenvalue weighted by molar-refractivity contribution is -0.125. The van der Waals surface area contributed by atoms with Gasteiger partial charge in [0.1, 0.15) is 31.5 Å². The summed E-state index contributed by atoms with van der Waals surface area (Å²) in [7, 11) is 1.45. The number of hydrogen-bond donors (Lipinski definition) is 4. The fraction of sp³-hybridized carbons (Fsp3) is 0.630. The number of carbonyl (C=O) groups is 4. The standard InChI is InChI=1S/C27H42N4O10/c1-19(28)21(6-4-10-32)31-26(35)20-5-3-7-22(25(20)27(31)36)41-18-24(34)30-9-12-39-14-16-40-15-13-38-11-8-29-23(33)17-37-2/h3,5,7,10,19,21,24,30,34H,4,6,8-9,11-18,28H2,1-2H3,(H,29,33). The summed E-state index contributed by atoms with van der Waals surface area (Å²) in [6.07, 6.45) is 0.123. The fourth-order valence-corrected chi connectivity index (χ4v) is 4.07. The third kappa shape index (κ3) is 11.4. The molecule has 0 aromatic heterocycles. The summed E-state index contributed by atoms with van der Waals surface area (Å²) >= 11 is 0. The fourth-order valence-electron chi connectivity index (χ4n) is 4.07. The second-order valence-corrected chi connectivity index (χ2v) is 9.23. The molecule has 0 fully saturated rings. The number of carbonyl (C=O) groups excluding carboxylic acids is 4. The Morgan fingerprint density at radius 1 is 1.05 bits per heavy atom. The maximum atomic E-state index is 13.2. The van der Waals surface area contributed by atoms with E-state index in [4.69, 9.17) is 29.4 Å². The molecular weight excluding hydrogens is 540 g/mol. The van der Waals surface area contributed by atoms with Gasteiger partial charge in [-0.15, -0.1) is 0 Å². The van der Waals surface area contributed by atoms with Gasteiger partial charge in [0, 0.05) is 32.7 Å². The highest BCUT2D eigenvalue weighted by atomic mass is 16.5. The van der Waals surface area contributed by atoms with Gasteiger partial charge in [-0.05, 0) is 25.5 Å². The summed E-state index contributed by atoms with van der Waals surface area (Å²) in [5, 5.41) is 15.7. The third-order valence-electron chi connectivity index (χ3n) is 6.04. The van der Waals surface area contributed by atoms with Crippen LogP contribution in [-0.2, 0) is 28.5 Å². The normalized spacial score (nSPS) is 15.0. The van der Waals surface area contributed by atoms with E-state index in [0.29, 0.717) is 52.7 Å². The SMILES string of the molecule is COCC(=O)NCCOCCOCCOCCNC(O)COc1cccc2c1C(=O)N(C(CCC=O)C(C)N)C2=O. The maximum absolute atomic E-state index is 13.2. The second kappa shape index (κ2) is 19.2. The molecule has 230 valence electrons. The minimum Gasteiger partial charge on any atom is -0.489 e. The van der Waals surface area contributed by atoms with Crippen molar-refractivity contribution in [2.45, 2.75) is 38.1 Å². The number of amides is 3. The molecule has 1 aliphatic rings.